The quantitative estimate of drug-likeness (QED) is 0.645. The third kappa shape index (κ3) is 4.20. The van der Waals surface area contributed by atoms with Crippen LogP contribution in [0.2, 0.25) is 0 Å². The molecule has 1 fully saturated rings. The van der Waals surface area contributed by atoms with Crippen LogP contribution >= 0.6 is 11.3 Å². The van der Waals surface area contributed by atoms with Crippen molar-refractivity contribution >= 4 is 28.2 Å². The van der Waals surface area contributed by atoms with Gasteiger partial charge in [-0.2, -0.15) is 0 Å². The van der Waals surface area contributed by atoms with Crippen molar-refractivity contribution in [3.8, 4) is 0 Å². The Kier molecular flexibility index (Phi) is 5.70. The summed E-state index contributed by atoms with van der Waals surface area (Å²) >= 11 is 1.72. The lowest BCUT2D eigenvalue weighted by Crippen LogP contribution is -2.52. The number of hydrogen-bond acceptors (Lipinski definition) is 6. The lowest BCUT2D eigenvalue weighted by Gasteiger charge is -2.36. The molecule has 160 valence electrons. The highest BCUT2D eigenvalue weighted by molar-refractivity contribution is 7.16. The Morgan fingerprint density at radius 2 is 2.19 bits per heavy atom. The van der Waals surface area contributed by atoms with Crippen molar-refractivity contribution in [3.63, 3.8) is 0 Å². The zero-order chi connectivity index (χ0) is 21.2. The van der Waals surface area contributed by atoms with E-state index in [9.17, 15) is 4.39 Å². The summed E-state index contributed by atoms with van der Waals surface area (Å²) in [5.41, 5.74) is 3.16. The van der Waals surface area contributed by atoms with Crippen molar-refractivity contribution < 1.29 is 4.39 Å². The highest BCUT2D eigenvalue weighted by atomic mass is 32.1. The van der Waals surface area contributed by atoms with E-state index in [1.807, 2.05) is 24.5 Å². The number of halogens is 1. The summed E-state index contributed by atoms with van der Waals surface area (Å²) in [6.07, 6.45) is 6.62. The Morgan fingerprint density at radius 1 is 1.26 bits per heavy atom. The van der Waals surface area contributed by atoms with E-state index >= 15 is 0 Å². The molecular weight excluding hydrogens is 409 g/mol. The second kappa shape index (κ2) is 8.77. The average Bonchev–Trinajstić information content (AvgIpc) is 3.14. The van der Waals surface area contributed by atoms with Gasteiger partial charge in [0.1, 0.15) is 16.5 Å². The SMILES string of the molecule is CCc1nc2c(s1)NC=c1cccnc1=C2N1CCNC(CCc2cccc(F)c2)C1. The van der Waals surface area contributed by atoms with E-state index in [1.54, 1.807) is 23.5 Å². The van der Waals surface area contributed by atoms with Crippen LogP contribution in [0.5, 0.6) is 0 Å². The largest absolute Gasteiger partial charge is 0.365 e. The molecule has 5 nitrogen and oxygen atoms in total. The van der Waals surface area contributed by atoms with Crippen LogP contribution in [-0.2, 0) is 12.8 Å². The van der Waals surface area contributed by atoms with Gasteiger partial charge in [0.2, 0.25) is 0 Å². The first-order valence-electron chi connectivity index (χ1n) is 10.9. The van der Waals surface area contributed by atoms with Gasteiger partial charge in [-0.1, -0.05) is 19.1 Å². The van der Waals surface area contributed by atoms with E-state index in [4.69, 9.17) is 9.97 Å². The van der Waals surface area contributed by atoms with Crippen LogP contribution in [0.3, 0.4) is 0 Å². The van der Waals surface area contributed by atoms with Gasteiger partial charge >= 0.3 is 0 Å². The molecular formula is C24H26FN5S. The van der Waals surface area contributed by atoms with Gasteiger partial charge in [-0.15, -0.1) is 11.3 Å². The third-order valence-corrected chi connectivity index (χ3v) is 6.99. The maximum absolute atomic E-state index is 13.5. The van der Waals surface area contributed by atoms with Crippen molar-refractivity contribution in [1.29, 1.82) is 0 Å². The van der Waals surface area contributed by atoms with Crippen LogP contribution in [0.15, 0.2) is 42.6 Å². The first-order chi connectivity index (χ1) is 15.2. The number of pyridine rings is 1. The molecule has 4 heterocycles. The minimum atomic E-state index is -0.168. The molecule has 0 bridgehead atoms. The highest BCUT2D eigenvalue weighted by Crippen LogP contribution is 2.32. The van der Waals surface area contributed by atoms with Crippen LogP contribution in [0, 0.1) is 5.82 Å². The molecule has 0 amide bonds. The number of aromatic nitrogens is 2. The molecule has 1 unspecified atom stereocenters. The van der Waals surface area contributed by atoms with E-state index < -0.39 is 0 Å². The van der Waals surface area contributed by atoms with E-state index in [1.165, 1.54) is 6.07 Å². The molecule has 3 aromatic rings. The predicted molar refractivity (Wildman–Crippen MR) is 124 cm³/mol. The van der Waals surface area contributed by atoms with E-state index in [0.717, 1.165) is 76.4 Å². The van der Waals surface area contributed by atoms with Gasteiger partial charge in [0.15, 0.2) is 0 Å². The predicted octanol–water partition coefficient (Wildman–Crippen LogP) is 2.47. The monoisotopic (exact) mass is 435 g/mol. The van der Waals surface area contributed by atoms with Crippen LogP contribution in [0.25, 0.3) is 11.9 Å². The van der Waals surface area contributed by atoms with Crippen LogP contribution in [0.1, 0.15) is 29.6 Å². The summed E-state index contributed by atoms with van der Waals surface area (Å²) < 4.78 is 13.5. The van der Waals surface area contributed by atoms with Gasteiger partial charge in [-0.3, -0.25) is 4.98 Å². The van der Waals surface area contributed by atoms with Gasteiger partial charge < -0.3 is 15.5 Å². The summed E-state index contributed by atoms with van der Waals surface area (Å²) in [6.45, 7) is 4.82. The summed E-state index contributed by atoms with van der Waals surface area (Å²) in [5, 5.41) is 11.4. The third-order valence-electron chi connectivity index (χ3n) is 5.86. The molecule has 2 N–H and O–H groups in total. The Bertz CT molecular complexity index is 1200. The number of nitrogens with one attached hydrogen (secondary N) is 2. The molecule has 0 radical (unpaired) electrons. The molecule has 31 heavy (non-hydrogen) atoms. The molecule has 1 aromatic carbocycles. The molecule has 0 aliphatic carbocycles. The standard InChI is InChI=1S/C24H26FN5S/c1-2-20-29-22-23(21-17(6-4-10-27-21)14-28-24(22)31-20)30-12-11-26-19(15-30)9-8-16-5-3-7-18(25)13-16/h3-7,10,13-14,19,26,28H,2,8-9,11-12,15H2,1H3. The lowest BCUT2D eigenvalue weighted by atomic mass is 10.0. The normalized spacial score (nSPS) is 17.9. The molecule has 5 rings (SSSR count). The highest BCUT2D eigenvalue weighted by Gasteiger charge is 2.27. The van der Waals surface area contributed by atoms with Crippen LogP contribution in [-0.4, -0.2) is 40.5 Å². The lowest BCUT2D eigenvalue weighted by molar-refractivity contribution is 0.268. The van der Waals surface area contributed by atoms with Crippen molar-refractivity contribution in [2.75, 3.05) is 25.0 Å². The van der Waals surface area contributed by atoms with E-state index in [2.05, 4.69) is 28.5 Å². The van der Waals surface area contributed by atoms with Crippen LogP contribution in [0.4, 0.5) is 9.39 Å². The second-order valence-corrected chi connectivity index (χ2v) is 9.07. The Hall–Kier alpha value is -2.77. The molecule has 0 saturated carbocycles. The number of rotatable bonds is 5. The molecule has 0 spiro atoms. The first-order valence-corrected chi connectivity index (χ1v) is 11.7. The van der Waals surface area contributed by atoms with Crippen molar-refractivity contribution in [2.24, 2.45) is 0 Å². The number of hydrogen-bond donors (Lipinski definition) is 2. The van der Waals surface area contributed by atoms with Crippen molar-refractivity contribution in [2.45, 2.75) is 32.2 Å². The smallest absolute Gasteiger partial charge is 0.124 e. The number of aryl methyl sites for hydroxylation is 2. The zero-order valence-electron chi connectivity index (χ0n) is 17.6. The summed E-state index contributed by atoms with van der Waals surface area (Å²) in [6, 6.07) is 11.3. The second-order valence-electron chi connectivity index (χ2n) is 7.98. The van der Waals surface area contributed by atoms with E-state index in [-0.39, 0.29) is 5.82 Å². The molecule has 7 heteroatoms. The number of fused-ring (bicyclic) bond motifs is 2. The van der Waals surface area contributed by atoms with Gasteiger partial charge in [0, 0.05) is 43.3 Å². The van der Waals surface area contributed by atoms with Gasteiger partial charge in [-0.25, -0.2) is 9.37 Å². The van der Waals surface area contributed by atoms with Gasteiger partial charge in [-0.05, 0) is 49.1 Å². The first kappa shape index (κ1) is 20.2. The average molecular weight is 436 g/mol. The van der Waals surface area contributed by atoms with Crippen LogP contribution < -0.4 is 21.2 Å². The molecule has 1 atom stereocenters. The summed E-state index contributed by atoms with van der Waals surface area (Å²) in [7, 11) is 0. The Labute approximate surface area is 185 Å². The number of anilines is 1. The van der Waals surface area contributed by atoms with Gasteiger partial charge in [0.25, 0.3) is 0 Å². The van der Waals surface area contributed by atoms with Crippen molar-refractivity contribution in [3.05, 3.63) is 75.2 Å². The van der Waals surface area contributed by atoms with Gasteiger partial charge in [0.05, 0.1) is 16.1 Å². The number of nitrogens with zero attached hydrogens (tertiary/aromatic N) is 3. The Balaban J connectivity index is 1.46. The maximum Gasteiger partial charge on any atom is 0.124 e. The number of thiazole rings is 1. The fourth-order valence-electron chi connectivity index (χ4n) is 4.32. The topological polar surface area (TPSA) is 53.1 Å². The summed E-state index contributed by atoms with van der Waals surface area (Å²) in [5.74, 6) is -0.168. The summed E-state index contributed by atoms with van der Waals surface area (Å²) in [4.78, 5) is 12.1. The molecule has 1 saturated heterocycles. The molecule has 2 aromatic heterocycles. The molecule has 2 aliphatic rings. The zero-order valence-corrected chi connectivity index (χ0v) is 18.4. The van der Waals surface area contributed by atoms with Crippen molar-refractivity contribution in [1.82, 2.24) is 20.2 Å². The Morgan fingerprint density at radius 3 is 3.06 bits per heavy atom. The minimum Gasteiger partial charge on any atom is -0.365 e. The molecule has 2 aliphatic heterocycles. The number of benzene rings is 1. The fourth-order valence-corrected chi connectivity index (χ4v) is 5.19. The minimum absolute atomic E-state index is 0.168. The fraction of sp³-hybridized carbons (Fsp3) is 0.333. The number of piperazine rings is 1. The van der Waals surface area contributed by atoms with E-state index in [0.29, 0.717) is 6.04 Å². The maximum atomic E-state index is 13.5.